The van der Waals surface area contributed by atoms with Gasteiger partial charge in [-0.1, -0.05) is 47.1 Å². The van der Waals surface area contributed by atoms with Crippen LogP contribution in [0.1, 0.15) is 25.5 Å². The number of thioether (sulfide) groups is 1. The maximum absolute atomic E-state index is 12.4. The zero-order valence-corrected chi connectivity index (χ0v) is 16.0. The average Bonchev–Trinajstić information content (AvgIpc) is 2.55. The van der Waals surface area contributed by atoms with E-state index in [1.54, 1.807) is 32.0 Å². The first kappa shape index (κ1) is 19.6. The largest absolute Gasteiger partial charge is 0.463 e. The van der Waals surface area contributed by atoms with Crippen LogP contribution >= 0.6 is 35.0 Å². The second-order valence-corrected chi connectivity index (χ2v) is 6.87. The molecular weight excluding hydrogens is 385 g/mol. The summed E-state index contributed by atoms with van der Waals surface area (Å²) in [5.74, 6) is -0.898. The van der Waals surface area contributed by atoms with Gasteiger partial charge in [-0.3, -0.25) is 4.79 Å². The maximum atomic E-state index is 12.4. The van der Waals surface area contributed by atoms with E-state index in [1.807, 2.05) is 0 Å². The van der Waals surface area contributed by atoms with E-state index in [4.69, 9.17) is 33.7 Å². The number of amidine groups is 1. The Hall–Kier alpha value is -1.70. The molecule has 0 aliphatic carbocycles. The van der Waals surface area contributed by atoms with E-state index >= 15 is 0 Å². The number of carbonyl (C=O) groups excluding carboxylic acids is 2. The van der Waals surface area contributed by atoms with Gasteiger partial charge in [-0.25, -0.2) is 9.79 Å². The van der Waals surface area contributed by atoms with Crippen LogP contribution in [-0.2, 0) is 14.3 Å². The molecule has 0 unspecified atom stereocenters. The van der Waals surface area contributed by atoms with Gasteiger partial charge in [0.1, 0.15) is 6.04 Å². The van der Waals surface area contributed by atoms with Gasteiger partial charge in [0.05, 0.1) is 28.0 Å². The average molecular weight is 402 g/mol. The van der Waals surface area contributed by atoms with Crippen molar-refractivity contribution in [3.63, 3.8) is 0 Å². The number of benzene rings is 1. The summed E-state index contributed by atoms with van der Waals surface area (Å²) >= 11 is 13.6. The van der Waals surface area contributed by atoms with E-state index in [0.29, 0.717) is 32.0 Å². The normalized spacial score (nSPS) is 17.0. The first-order valence-corrected chi connectivity index (χ1v) is 9.17. The molecular formula is C16H17Cl2N3O3S. The number of nitrogens with zero attached hydrogens (tertiary/aromatic N) is 1. The molecule has 1 aliphatic heterocycles. The number of amides is 1. The fourth-order valence-corrected chi connectivity index (χ4v) is 3.39. The van der Waals surface area contributed by atoms with Gasteiger partial charge in [0, 0.05) is 11.3 Å². The summed E-state index contributed by atoms with van der Waals surface area (Å²) in [6.07, 6.45) is 0. The van der Waals surface area contributed by atoms with Crippen molar-refractivity contribution in [2.75, 3.05) is 12.4 Å². The number of primary amides is 1. The van der Waals surface area contributed by atoms with Crippen LogP contribution in [0, 0.1) is 0 Å². The standard InChI is InChI=1S/C16H17Cl2N3O3S/c1-3-24-15(23)12-8(2)20-16(25-7-11(19)22)21-14(12)9-5-4-6-10(17)13(9)18/h4-6,14H,3,7H2,1-2H3,(H2,19,22)(H,20,21)/t14-/m1/s1. The zero-order chi connectivity index (χ0) is 18.6. The number of carbonyl (C=O) groups is 2. The fraction of sp³-hybridized carbons (Fsp3) is 0.312. The van der Waals surface area contributed by atoms with Crippen LogP contribution in [0.4, 0.5) is 0 Å². The second kappa shape index (κ2) is 8.60. The molecule has 2 rings (SSSR count). The van der Waals surface area contributed by atoms with E-state index in [2.05, 4.69) is 10.3 Å². The highest BCUT2D eigenvalue weighted by atomic mass is 35.5. The molecule has 0 radical (unpaired) electrons. The zero-order valence-electron chi connectivity index (χ0n) is 13.6. The molecule has 0 fully saturated rings. The summed E-state index contributed by atoms with van der Waals surface area (Å²) in [4.78, 5) is 28.0. The summed E-state index contributed by atoms with van der Waals surface area (Å²) in [6, 6.07) is 4.44. The third-order valence-corrected chi connectivity index (χ3v) is 5.08. The molecule has 0 spiro atoms. The lowest BCUT2D eigenvalue weighted by atomic mass is 9.96. The van der Waals surface area contributed by atoms with E-state index in [1.165, 1.54) is 0 Å². The smallest absolute Gasteiger partial charge is 0.338 e. The minimum atomic E-state index is -0.693. The molecule has 25 heavy (non-hydrogen) atoms. The molecule has 1 aromatic rings. The fourth-order valence-electron chi connectivity index (χ4n) is 2.29. The number of allylic oxidation sites excluding steroid dienone is 1. The van der Waals surface area contributed by atoms with E-state index < -0.39 is 17.9 Å². The van der Waals surface area contributed by atoms with Gasteiger partial charge in [0.2, 0.25) is 5.91 Å². The van der Waals surface area contributed by atoms with Crippen molar-refractivity contribution in [3.8, 4) is 0 Å². The van der Waals surface area contributed by atoms with E-state index in [0.717, 1.165) is 11.8 Å². The van der Waals surface area contributed by atoms with Gasteiger partial charge >= 0.3 is 5.97 Å². The predicted molar refractivity (Wildman–Crippen MR) is 101 cm³/mol. The molecule has 0 bridgehead atoms. The number of rotatable bonds is 5. The van der Waals surface area contributed by atoms with Crippen LogP contribution in [0.5, 0.6) is 0 Å². The van der Waals surface area contributed by atoms with Crippen LogP contribution in [0.3, 0.4) is 0 Å². The van der Waals surface area contributed by atoms with Crippen LogP contribution < -0.4 is 11.1 Å². The number of hydrogen-bond donors (Lipinski definition) is 2. The molecule has 6 nitrogen and oxygen atoms in total. The van der Waals surface area contributed by atoms with Gasteiger partial charge in [-0.15, -0.1) is 0 Å². The van der Waals surface area contributed by atoms with Crippen molar-refractivity contribution in [2.24, 2.45) is 10.7 Å². The molecule has 3 N–H and O–H groups in total. The predicted octanol–water partition coefficient (Wildman–Crippen LogP) is 3.05. The van der Waals surface area contributed by atoms with Gasteiger partial charge in [0.25, 0.3) is 0 Å². The molecule has 0 aromatic heterocycles. The highest BCUT2D eigenvalue weighted by molar-refractivity contribution is 8.14. The van der Waals surface area contributed by atoms with Gasteiger partial charge in [0.15, 0.2) is 5.17 Å². The van der Waals surface area contributed by atoms with Crippen molar-refractivity contribution >= 4 is 52.0 Å². The van der Waals surface area contributed by atoms with Crippen molar-refractivity contribution in [1.82, 2.24) is 5.32 Å². The Bertz CT molecular complexity index is 765. The minimum Gasteiger partial charge on any atom is -0.463 e. The molecule has 9 heteroatoms. The third kappa shape index (κ3) is 4.68. The summed E-state index contributed by atoms with van der Waals surface area (Å²) in [6.45, 7) is 3.69. The van der Waals surface area contributed by atoms with Crippen LogP contribution in [0.15, 0.2) is 34.5 Å². The molecule has 1 heterocycles. The van der Waals surface area contributed by atoms with Gasteiger partial charge in [-0.2, -0.15) is 0 Å². The van der Waals surface area contributed by atoms with Gasteiger partial charge < -0.3 is 15.8 Å². The van der Waals surface area contributed by atoms with Crippen LogP contribution in [0.2, 0.25) is 10.0 Å². The lowest BCUT2D eigenvalue weighted by Crippen LogP contribution is -2.31. The number of esters is 1. The van der Waals surface area contributed by atoms with Crippen LogP contribution in [0.25, 0.3) is 0 Å². The Morgan fingerprint density at radius 3 is 2.76 bits per heavy atom. The van der Waals surface area contributed by atoms with Crippen molar-refractivity contribution in [1.29, 1.82) is 0 Å². The number of halogens is 2. The summed E-state index contributed by atoms with van der Waals surface area (Å²) < 4.78 is 5.14. The number of aliphatic imine (C=N–C) groups is 1. The number of nitrogens with one attached hydrogen (secondary N) is 1. The second-order valence-electron chi connectivity index (χ2n) is 5.12. The molecule has 0 saturated heterocycles. The molecule has 1 amide bonds. The number of nitrogens with two attached hydrogens (primary N) is 1. The van der Waals surface area contributed by atoms with Crippen molar-refractivity contribution in [2.45, 2.75) is 19.9 Å². The van der Waals surface area contributed by atoms with Crippen LogP contribution in [-0.4, -0.2) is 29.4 Å². The van der Waals surface area contributed by atoms with E-state index in [-0.39, 0.29) is 12.4 Å². The molecule has 0 saturated carbocycles. The Morgan fingerprint density at radius 2 is 2.12 bits per heavy atom. The number of hydrogen-bond acceptors (Lipinski definition) is 6. The Balaban J connectivity index is 2.48. The Morgan fingerprint density at radius 1 is 1.40 bits per heavy atom. The van der Waals surface area contributed by atoms with Gasteiger partial charge in [-0.05, 0) is 19.9 Å². The number of ether oxygens (including phenoxy) is 1. The lowest BCUT2D eigenvalue weighted by molar-refractivity contribution is -0.139. The first-order chi connectivity index (χ1) is 11.8. The van der Waals surface area contributed by atoms with E-state index in [9.17, 15) is 9.59 Å². The monoisotopic (exact) mass is 401 g/mol. The first-order valence-electron chi connectivity index (χ1n) is 7.42. The topological polar surface area (TPSA) is 93.8 Å². The highest BCUT2D eigenvalue weighted by Gasteiger charge is 2.32. The molecule has 1 aromatic carbocycles. The van der Waals surface area contributed by atoms with Crippen molar-refractivity contribution < 1.29 is 14.3 Å². The maximum Gasteiger partial charge on any atom is 0.338 e. The Labute approximate surface area is 159 Å². The quantitative estimate of drug-likeness (QED) is 0.739. The minimum absolute atomic E-state index is 0.0594. The molecule has 134 valence electrons. The van der Waals surface area contributed by atoms with Crippen molar-refractivity contribution in [3.05, 3.63) is 45.1 Å². The molecule has 1 aliphatic rings. The summed E-state index contributed by atoms with van der Waals surface area (Å²) in [7, 11) is 0. The third-order valence-electron chi connectivity index (χ3n) is 3.34. The SMILES string of the molecule is CCOC(=O)C1=C(C)NC(SCC(N)=O)=N[C@@H]1c1cccc(Cl)c1Cl. The summed E-state index contributed by atoms with van der Waals surface area (Å²) in [5.41, 5.74) is 6.67. The lowest BCUT2D eigenvalue weighted by Gasteiger charge is -2.26. The molecule has 1 atom stereocenters. The highest BCUT2D eigenvalue weighted by Crippen LogP contribution is 2.38. The summed E-state index contributed by atoms with van der Waals surface area (Å²) in [5, 5.41) is 4.14. The Kier molecular flexibility index (Phi) is 6.75.